The fourth-order valence-corrected chi connectivity index (χ4v) is 3.55. The first kappa shape index (κ1) is 22.9. The van der Waals surface area contributed by atoms with E-state index in [0.29, 0.717) is 11.7 Å². The Labute approximate surface area is 187 Å². The number of carbonyl (C=O) groups is 1. The van der Waals surface area contributed by atoms with Crippen molar-refractivity contribution in [1.82, 2.24) is 19.5 Å². The van der Waals surface area contributed by atoms with E-state index >= 15 is 0 Å². The molecule has 1 aliphatic heterocycles. The van der Waals surface area contributed by atoms with Crippen molar-refractivity contribution >= 4 is 23.0 Å². The van der Waals surface area contributed by atoms with Crippen LogP contribution in [0, 0.1) is 0 Å². The van der Waals surface area contributed by atoms with E-state index in [1.54, 1.807) is 12.1 Å². The highest BCUT2D eigenvalue weighted by Crippen LogP contribution is 2.30. The number of carbonyl (C=O) groups excluding carboxylic acids is 1. The third kappa shape index (κ3) is 4.59. The van der Waals surface area contributed by atoms with Crippen LogP contribution in [0.15, 0.2) is 35.4 Å². The predicted molar refractivity (Wildman–Crippen MR) is 116 cm³/mol. The number of H-pyrrole nitrogens is 1. The number of benzene rings is 1. The van der Waals surface area contributed by atoms with Gasteiger partial charge in [-0.15, -0.1) is 0 Å². The first-order valence-corrected chi connectivity index (χ1v) is 10.4. The number of rotatable bonds is 7. The Kier molecular flexibility index (Phi) is 6.42. The number of hydrogen-bond donors (Lipinski definition) is 5. The number of aromatic amines is 1. The molecule has 5 N–H and O–H groups in total. The molecular weight excluding hydrogens is 434 g/mol. The molecule has 1 aliphatic rings. The number of fused-ring (bicyclic) bond motifs is 1. The predicted octanol–water partition coefficient (Wildman–Crippen LogP) is -0.128. The van der Waals surface area contributed by atoms with Crippen molar-refractivity contribution in [2.75, 3.05) is 18.5 Å². The van der Waals surface area contributed by atoms with Gasteiger partial charge in [-0.3, -0.25) is 24.5 Å². The number of aliphatic hydroxyl groups excluding tert-OH is 3. The van der Waals surface area contributed by atoms with Crippen molar-refractivity contribution in [1.29, 1.82) is 0 Å². The Balaban J connectivity index is 1.49. The summed E-state index contributed by atoms with van der Waals surface area (Å²) in [5.41, 5.74) is 0.500. The molecule has 0 saturated carbocycles. The van der Waals surface area contributed by atoms with Gasteiger partial charge in [-0.25, -0.2) is 4.98 Å². The molecule has 1 amide bonds. The van der Waals surface area contributed by atoms with E-state index in [9.17, 15) is 24.9 Å². The number of amides is 1. The van der Waals surface area contributed by atoms with E-state index in [-0.39, 0.29) is 23.7 Å². The minimum Gasteiger partial charge on any atom is -0.484 e. The van der Waals surface area contributed by atoms with Gasteiger partial charge in [0.1, 0.15) is 24.1 Å². The van der Waals surface area contributed by atoms with Crippen molar-refractivity contribution in [2.24, 2.45) is 0 Å². The smallest absolute Gasteiger partial charge is 0.280 e. The molecule has 3 heterocycles. The molecule has 0 spiro atoms. The molecule has 0 aliphatic carbocycles. The lowest BCUT2D eigenvalue weighted by molar-refractivity contribution is -0.118. The average molecular weight is 459 g/mol. The van der Waals surface area contributed by atoms with Gasteiger partial charge in [0.15, 0.2) is 24.0 Å². The largest absolute Gasteiger partial charge is 0.484 e. The van der Waals surface area contributed by atoms with Crippen molar-refractivity contribution in [3.63, 3.8) is 0 Å². The Morgan fingerprint density at radius 3 is 2.64 bits per heavy atom. The lowest BCUT2D eigenvalue weighted by atomic mass is 10.0. The zero-order valence-corrected chi connectivity index (χ0v) is 18.0. The maximum absolute atomic E-state index is 12.4. The van der Waals surface area contributed by atoms with Gasteiger partial charge in [0.25, 0.3) is 11.5 Å². The van der Waals surface area contributed by atoms with Crippen LogP contribution in [0.25, 0.3) is 11.2 Å². The van der Waals surface area contributed by atoms with Gasteiger partial charge < -0.3 is 24.8 Å². The van der Waals surface area contributed by atoms with Crippen LogP contribution in [0.2, 0.25) is 0 Å². The second-order valence-corrected chi connectivity index (χ2v) is 8.03. The summed E-state index contributed by atoms with van der Waals surface area (Å²) < 4.78 is 12.2. The van der Waals surface area contributed by atoms with Crippen molar-refractivity contribution in [3.8, 4) is 5.75 Å². The van der Waals surface area contributed by atoms with Crippen LogP contribution in [-0.2, 0) is 9.53 Å². The van der Waals surface area contributed by atoms with Gasteiger partial charge in [-0.1, -0.05) is 26.0 Å². The molecule has 12 nitrogen and oxygen atoms in total. The van der Waals surface area contributed by atoms with Crippen LogP contribution in [0.5, 0.6) is 5.75 Å². The van der Waals surface area contributed by atoms with Crippen molar-refractivity contribution in [2.45, 2.75) is 44.3 Å². The van der Waals surface area contributed by atoms with Crippen LogP contribution in [0.4, 0.5) is 5.95 Å². The fraction of sp³-hybridized carbons (Fsp3) is 0.429. The highest BCUT2D eigenvalue weighted by molar-refractivity contribution is 5.90. The Bertz CT molecular complexity index is 1190. The highest BCUT2D eigenvalue weighted by atomic mass is 16.6. The lowest BCUT2D eigenvalue weighted by Gasteiger charge is -2.16. The summed E-state index contributed by atoms with van der Waals surface area (Å²) in [6.45, 7) is 3.34. The first-order chi connectivity index (χ1) is 15.8. The van der Waals surface area contributed by atoms with E-state index in [1.165, 1.54) is 10.9 Å². The maximum Gasteiger partial charge on any atom is 0.280 e. The molecule has 2 aromatic heterocycles. The molecule has 4 unspecified atom stereocenters. The molecule has 4 atom stereocenters. The number of aromatic nitrogens is 4. The van der Waals surface area contributed by atoms with Crippen LogP contribution >= 0.6 is 0 Å². The molecule has 1 fully saturated rings. The number of imidazole rings is 1. The van der Waals surface area contributed by atoms with Gasteiger partial charge in [-0.05, 0) is 23.6 Å². The summed E-state index contributed by atoms with van der Waals surface area (Å²) in [7, 11) is 0. The van der Waals surface area contributed by atoms with Crippen LogP contribution in [0.1, 0.15) is 31.6 Å². The topological polar surface area (TPSA) is 172 Å². The minimum atomic E-state index is -1.38. The SMILES string of the molecule is CC(C)c1ccc(OCC(=O)Nc2nc3c(ncn3C3OC(CO)C(O)C3O)c(=O)[nH]2)cc1. The summed E-state index contributed by atoms with van der Waals surface area (Å²) in [5.74, 6) is 0.199. The number of nitrogens with zero attached hydrogens (tertiary/aromatic N) is 3. The van der Waals surface area contributed by atoms with Crippen LogP contribution in [-0.4, -0.2) is 72.3 Å². The van der Waals surface area contributed by atoms with E-state index in [2.05, 4.69) is 34.1 Å². The number of hydrogen-bond acceptors (Lipinski definition) is 9. The summed E-state index contributed by atoms with van der Waals surface area (Å²) in [6, 6.07) is 7.39. The van der Waals surface area contributed by atoms with Crippen molar-refractivity contribution in [3.05, 3.63) is 46.5 Å². The Morgan fingerprint density at radius 2 is 2.00 bits per heavy atom. The van der Waals surface area contributed by atoms with Gasteiger partial charge in [0.05, 0.1) is 12.9 Å². The van der Waals surface area contributed by atoms with Crippen molar-refractivity contribution < 1.29 is 29.6 Å². The molecule has 33 heavy (non-hydrogen) atoms. The number of aliphatic hydroxyl groups is 3. The molecule has 1 saturated heterocycles. The summed E-state index contributed by atoms with van der Waals surface area (Å²) in [6.07, 6.45) is -3.62. The molecule has 0 radical (unpaired) electrons. The molecule has 3 aromatic rings. The quantitative estimate of drug-likeness (QED) is 0.323. The van der Waals surface area contributed by atoms with E-state index in [1.807, 2.05) is 12.1 Å². The van der Waals surface area contributed by atoms with Gasteiger partial charge in [0, 0.05) is 0 Å². The Morgan fingerprint density at radius 1 is 1.27 bits per heavy atom. The van der Waals surface area contributed by atoms with E-state index in [4.69, 9.17) is 9.47 Å². The molecule has 176 valence electrons. The maximum atomic E-state index is 12.4. The zero-order chi connectivity index (χ0) is 23.7. The Hall–Kier alpha value is -3.32. The third-order valence-corrected chi connectivity index (χ3v) is 5.40. The van der Waals surface area contributed by atoms with Gasteiger partial charge >= 0.3 is 0 Å². The normalized spacial score (nSPS) is 22.7. The second kappa shape index (κ2) is 9.27. The van der Waals surface area contributed by atoms with Crippen LogP contribution in [0.3, 0.4) is 0 Å². The van der Waals surface area contributed by atoms with Gasteiger partial charge in [-0.2, -0.15) is 4.98 Å². The third-order valence-electron chi connectivity index (χ3n) is 5.40. The van der Waals surface area contributed by atoms with Crippen LogP contribution < -0.4 is 15.6 Å². The molecular formula is C21H25N5O7. The van der Waals surface area contributed by atoms with E-state index < -0.39 is 42.6 Å². The average Bonchev–Trinajstić information content (AvgIpc) is 3.33. The number of ether oxygens (including phenoxy) is 2. The summed E-state index contributed by atoms with van der Waals surface area (Å²) in [5, 5.41) is 32.0. The minimum absolute atomic E-state index is 0.0223. The molecule has 12 heteroatoms. The lowest BCUT2D eigenvalue weighted by Crippen LogP contribution is -2.33. The summed E-state index contributed by atoms with van der Waals surface area (Å²) >= 11 is 0. The standard InChI is InChI=1S/C21H25N5O7/c1-10(2)11-3-5-12(6-4-11)32-8-14(28)23-21-24-18-15(19(31)25-21)22-9-26(18)20-17(30)16(29)13(7-27)33-20/h3-6,9-10,13,16-17,20,27,29-30H,7-8H2,1-2H3,(H2,23,24,25,28,31). The number of anilines is 1. The first-order valence-electron chi connectivity index (χ1n) is 10.4. The monoisotopic (exact) mass is 459 g/mol. The highest BCUT2D eigenvalue weighted by Gasteiger charge is 2.44. The van der Waals surface area contributed by atoms with E-state index in [0.717, 1.165) is 5.56 Å². The molecule has 0 bridgehead atoms. The molecule has 4 rings (SSSR count). The zero-order valence-electron chi connectivity index (χ0n) is 18.0. The van der Waals surface area contributed by atoms with Gasteiger partial charge in [0.2, 0.25) is 5.95 Å². The molecule has 1 aromatic carbocycles. The summed E-state index contributed by atoms with van der Waals surface area (Å²) in [4.78, 5) is 35.3. The number of nitrogens with one attached hydrogen (secondary N) is 2. The fourth-order valence-electron chi connectivity index (χ4n) is 3.55. The second-order valence-electron chi connectivity index (χ2n) is 8.03.